The van der Waals surface area contributed by atoms with E-state index in [9.17, 15) is 14.9 Å². The van der Waals surface area contributed by atoms with Crippen molar-refractivity contribution >= 4 is 22.6 Å². The highest BCUT2D eigenvalue weighted by Crippen LogP contribution is 2.31. The lowest BCUT2D eigenvalue weighted by molar-refractivity contribution is -0.384. The number of benzene rings is 2. The first-order valence-corrected chi connectivity index (χ1v) is 8.73. The van der Waals surface area contributed by atoms with Crippen molar-refractivity contribution in [2.75, 3.05) is 13.2 Å². The fourth-order valence-corrected chi connectivity index (χ4v) is 3.37. The Labute approximate surface area is 154 Å². The first-order valence-electron chi connectivity index (χ1n) is 8.73. The molecule has 27 heavy (non-hydrogen) atoms. The summed E-state index contributed by atoms with van der Waals surface area (Å²) in [6, 6.07) is 13.4. The van der Waals surface area contributed by atoms with Gasteiger partial charge in [-0.15, -0.1) is 0 Å². The van der Waals surface area contributed by atoms with Crippen molar-refractivity contribution < 1.29 is 14.5 Å². The number of non-ortho nitro benzene ring substituents is 1. The van der Waals surface area contributed by atoms with Crippen LogP contribution in [0.25, 0.3) is 11.0 Å². The van der Waals surface area contributed by atoms with Crippen LogP contribution in [0.2, 0.25) is 0 Å². The number of aromatic amines is 1. The summed E-state index contributed by atoms with van der Waals surface area (Å²) in [7, 11) is 0. The molecule has 0 bridgehead atoms. The summed E-state index contributed by atoms with van der Waals surface area (Å²) in [6.07, 6.45) is 1.76. The SMILES string of the molecule is O=C(COc1ccc([N+](=O)[O-])cc1)N1CCC[C@@H]1c1nc2ccccc2[nH]1. The van der Waals surface area contributed by atoms with Crippen molar-refractivity contribution in [2.45, 2.75) is 18.9 Å². The summed E-state index contributed by atoms with van der Waals surface area (Å²) in [5, 5.41) is 10.7. The predicted molar refractivity (Wildman–Crippen MR) is 98.4 cm³/mol. The Kier molecular flexibility index (Phi) is 4.45. The number of nitro benzene ring substituents is 1. The molecule has 1 aliphatic heterocycles. The Hall–Kier alpha value is -3.42. The molecule has 1 fully saturated rings. The molecule has 2 aromatic carbocycles. The molecule has 8 heteroatoms. The van der Waals surface area contributed by atoms with Gasteiger partial charge in [0.25, 0.3) is 11.6 Å². The molecule has 0 radical (unpaired) electrons. The third-order valence-electron chi connectivity index (χ3n) is 4.71. The maximum Gasteiger partial charge on any atom is 0.269 e. The molecule has 1 amide bonds. The third kappa shape index (κ3) is 3.46. The number of ether oxygens (including phenoxy) is 1. The van der Waals surface area contributed by atoms with Crippen LogP contribution >= 0.6 is 0 Å². The summed E-state index contributed by atoms with van der Waals surface area (Å²) >= 11 is 0. The Morgan fingerprint density at radius 2 is 2.04 bits per heavy atom. The largest absolute Gasteiger partial charge is 0.484 e. The van der Waals surface area contributed by atoms with Crippen LogP contribution in [0.15, 0.2) is 48.5 Å². The molecule has 0 unspecified atom stereocenters. The average molecular weight is 366 g/mol. The van der Waals surface area contributed by atoms with Gasteiger partial charge in [0, 0.05) is 18.7 Å². The molecule has 4 rings (SSSR count). The van der Waals surface area contributed by atoms with Gasteiger partial charge in [-0.3, -0.25) is 14.9 Å². The van der Waals surface area contributed by atoms with Gasteiger partial charge >= 0.3 is 0 Å². The lowest BCUT2D eigenvalue weighted by Gasteiger charge is -2.23. The van der Waals surface area contributed by atoms with E-state index in [1.807, 2.05) is 24.3 Å². The van der Waals surface area contributed by atoms with E-state index in [-0.39, 0.29) is 24.2 Å². The number of H-pyrrole nitrogens is 1. The van der Waals surface area contributed by atoms with Gasteiger partial charge in [0.1, 0.15) is 11.6 Å². The van der Waals surface area contributed by atoms with Gasteiger partial charge in [-0.1, -0.05) is 12.1 Å². The van der Waals surface area contributed by atoms with Crippen molar-refractivity contribution in [1.82, 2.24) is 14.9 Å². The number of nitrogens with one attached hydrogen (secondary N) is 1. The predicted octanol–water partition coefficient (Wildman–Crippen LogP) is 3.21. The van der Waals surface area contributed by atoms with Gasteiger partial charge in [0.05, 0.1) is 22.0 Å². The first kappa shape index (κ1) is 17.0. The lowest BCUT2D eigenvalue weighted by Crippen LogP contribution is -2.34. The molecule has 138 valence electrons. The highest BCUT2D eigenvalue weighted by atomic mass is 16.6. The van der Waals surface area contributed by atoms with Gasteiger partial charge in [-0.2, -0.15) is 0 Å². The molecule has 0 aliphatic carbocycles. The molecular formula is C19H18N4O4. The van der Waals surface area contributed by atoms with Gasteiger partial charge in [0.2, 0.25) is 0 Å². The number of hydrogen-bond acceptors (Lipinski definition) is 5. The summed E-state index contributed by atoms with van der Waals surface area (Å²) in [5.41, 5.74) is 1.82. The molecule has 1 N–H and O–H groups in total. The normalized spacial score (nSPS) is 16.6. The molecule has 1 aromatic heterocycles. The quantitative estimate of drug-likeness (QED) is 0.552. The number of amides is 1. The topological polar surface area (TPSA) is 101 Å². The fourth-order valence-electron chi connectivity index (χ4n) is 3.37. The minimum Gasteiger partial charge on any atom is -0.484 e. The zero-order chi connectivity index (χ0) is 18.8. The smallest absolute Gasteiger partial charge is 0.269 e. The minimum absolute atomic E-state index is 0.0156. The lowest BCUT2D eigenvalue weighted by atomic mass is 10.2. The number of carbonyl (C=O) groups excluding carboxylic acids is 1. The first-order chi connectivity index (χ1) is 13.1. The zero-order valence-electron chi connectivity index (χ0n) is 14.5. The number of imidazole rings is 1. The molecule has 0 spiro atoms. The van der Waals surface area contributed by atoms with Crippen molar-refractivity contribution in [3.63, 3.8) is 0 Å². The van der Waals surface area contributed by atoms with E-state index in [1.165, 1.54) is 24.3 Å². The number of para-hydroxylation sites is 2. The molecule has 1 saturated heterocycles. The second-order valence-electron chi connectivity index (χ2n) is 6.42. The molecule has 8 nitrogen and oxygen atoms in total. The number of nitrogens with zero attached hydrogens (tertiary/aromatic N) is 3. The number of nitro groups is 1. The molecule has 3 aromatic rings. The molecule has 1 aliphatic rings. The van der Waals surface area contributed by atoms with E-state index in [2.05, 4.69) is 9.97 Å². The highest BCUT2D eigenvalue weighted by molar-refractivity contribution is 5.79. The molecule has 1 atom stereocenters. The van der Waals surface area contributed by atoms with E-state index in [0.29, 0.717) is 12.3 Å². The zero-order valence-corrected chi connectivity index (χ0v) is 14.5. The van der Waals surface area contributed by atoms with Crippen LogP contribution < -0.4 is 4.74 Å². The molecule has 2 heterocycles. The number of carbonyl (C=O) groups is 1. The third-order valence-corrected chi connectivity index (χ3v) is 4.71. The van der Waals surface area contributed by atoms with Crippen LogP contribution in [0.4, 0.5) is 5.69 Å². The Balaban J connectivity index is 1.43. The maximum atomic E-state index is 12.6. The summed E-state index contributed by atoms with van der Waals surface area (Å²) < 4.78 is 5.51. The summed E-state index contributed by atoms with van der Waals surface area (Å²) in [4.78, 5) is 32.6. The number of fused-ring (bicyclic) bond motifs is 1. The van der Waals surface area contributed by atoms with Crippen LogP contribution in [0.5, 0.6) is 5.75 Å². The van der Waals surface area contributed by atoms with Gasteiger partial charge in [-0.05, 0) is 37.1 Å². The van der Waals surface area contributed by atoms with Crippen LogP contribution in [-0.4, -0.2) is 38.8 Å². The van der Waals surface area contributed by atoms with Crippen LogP contribution in [0, 0.1) is 10.1 Å². The standard InChI is InChI=1S/C19H18N4O4/c24-18(12-27-14-9-7-13(8-10-14)23(25)26)22-11-3-6-17(22)19-20-15-4-1-2-5-16(15)21-19/h1-2,4-5,7-10,17H,3,6,11-12H2,(H,20,21)/t17-/m1/s1. The van der Waals surface area contributed by atoms with Gasteiger partial charge in [-0.25, -0.2) is 4.98 Å². The minimum atomic E-state index is -0.475. The van der Waals surface area contributed by atoms with Gasteiger partial charge < -0.3 is 14.6 Å². The van der Waals surface area contributed by atoms with E-state index < -0.39 is 4.92 Å². The monoisotopic (exact) mass is 366 g/mol. The van der Waals surface area contributed by atoms with Crippen molar-refractivity contribution in [2.24, 2.45) is 0 Å². The van der Waals surface area contributed by atoms with E-state index in [4.69, 9.17) is 4.74 Å². The average Bonchev–Trinajstić information content (AvgIpc) is 3.32. The Morgan fingerprint density at radius 3 is 2.78 bits per heavy atom. The van der Waals surface area contributed by atoms with E-state index >= 15 is 0 Å². The summed E-state index contributed by atoms with van der Waals surface area (Å²) in [5.74, 6) is 1.09. The second kappa shape index (κ2) is 7.06. The number of likely N-dealkylation sites (tertiary alicyclic amines) is 1. The second-order valence-corrected chi connectivity index (χ2v) is 6.42. The summed E-state index contributed by atoms with van der Waals surface area (Å²) in [6.45, 7) is 0.540. The maximum absolute atomic E-state index is 12.6. The number of rotatable bonds is 5. The fraction of sp³-hybridized carbons (Fsp3) is 0.263. The number of hydrogen-bond donors (Lipinski definition) is 1. The Bertz CT molecular complexity index is 950. The molecule has 0 saturated carbocycles. The molecular weight excluding hydrogens is 348 g/mol. The highest BCUT2D eigenvalue weighted by Gasteiger charge is 2.32. The number of aromatic nitrogens is 2. The van der Waals surface area contributed by atoms with Crippen LogP contribution in [-0.2, 0) is 4.79 Å². The van der Waals surface area contributed by atoms with Crippen molar-refractivity contribution in [3.05, 3.63) is 64.5 Å². The van der Waals surface area contributed by atoms with Crippen LogP contribution in [0.3, 0.4) is 0 Å². The Morgan fingerprint density at radius 1 is 1.26 bits per heavy atom. The van der Waals surface area contributed by atoms with Crippen LogP contribution in [0.1, 0.15) is 24.7 Å². The van der Waals surface area contributed by atoms with Gasteiger partial charge in [0.15, 0.2) is 6.61 Å². The van der Waals surface area contributed by atoms with E-state index in [0.717, 1.165) is 29.7 Å². The van der Waals surface area contributed by atoms with E-state index in [1.54, 1.807) is 4.90 Å². The van der Waals surface area contributed by atoms with Crippen molar-refractivity contribution in [3.8, 4) is 5.75 Å². The van der Waals surface area contributed by atoms with Crippen molar-refractivity contribution in [1.29, 1.82) is 0 Å².